The Morgan fingerprint density at radius 1 is 0.524 bits per heavy atom. The third-order valence-corrected chi connectivity index (χ3v) is 4.38. The van der Waals surface area contributed by atoms with Crippen LogP contribution >= 0.6 is 0 Å². The standard InChI is InChI=1S/C20H34O/c1-6-11-16-15(10-5)20(21)19(14-9-4)18(13-8-3)17(16)12-7-2/h21H,6-14H2,1-5H3. The van der Waals surface area contributed by atoms with Gasteiger partial charge >= 0.3 is 0 Å². The zero-order valence-corrected chi connectivity index (χ0v) is 14.8. The maximum atomic E-state index is 10.8. The Kier molecular flexibility index (Phi) is 7.85. The molecule has 0 aliphatic carbocycles. The predicted molar refractivity (Wildman–Crippen MR) is 93.5 cm³/mol. The first kappa shape index (κ1) is 18.1. The molecule has 120 valence electrons. The van der Waals surface area contributed by atoms with Gasteiger partial charge in [0, 0.05) is 0 Å². The highest BCUT2D eigenvalue weighted by Crippen LogP contribution is 2.37. The van der Waals surface area contributed by atoms with Crippen molar-refractivity contribution in [1.82, 2.24) is 0 Å². The van der Waals surface area contributed by atoms with E-state index in [1.807, 2.05) is 0 Å². The van der Waals surface area contributed by atoms with Gasteiger partial charge in [-0.2, -0.15) is 0 Å². The van der Waals surface area contributed by atoms with E-state index in [0.29, 0.717) is 5.75 Å². The zero-order valence-electron chi connectivity index (χ0n) is 14.8. The van der Waals surface area contributed by atoms with E-state index in [2.05, 4.69) is 34.6 Å². The van der Waals surface area contributed by atoms with Gasteiger partial charge in [0.15, 0.2) is 0 Å². The summed E-state index contributed by atoms with van der Waals surface area (Å²) in [5.41, 5.74) is 6.98. The minimum atomic E-state index is 0.617. The Morgan fingerprint density at radius 2 is 0.857 bits per heavy atom. The lowest BCUT2D eigenvalue weighted by molar-refractivity contribution is 0.457. The van der Waals surface area contributed by atoms with E-state index in [1.165, 1.54) is 28.7 Å². The van der Waals surface area contributed by atoms with E-state index in [4.69, 9.17) is 0 Å². The molecule has 0 spiro atoms. The largest absolute Gasteiger partial charge is 0.507 e. The first-order valence-corrected chi connectivity index (χ1v) is 9.03. The van der Waals surface area contributed by atoms with Crippen LogP contribution in [-0.4, -0.2) is 5.11 Å². The van der Waals surface area contributed by atoms with E-state index in [0.717, 1.165) is 51.4 Å². The van der Waals surface area contributed by atoms with Crippen molar-refractivity contribution in [2.75, 3.05) is 0 Å². The molecule has 0 bridgehead atoms. The van der Waals surface area contributed by atoms with Crippen LogP contribution in [-0.2, 0) is 32.1 Å². The molecule has 0 aliphatic heterocycles. The quantitative estimate of drug-likeness (QED) is 0.612. The summed E-state index contributed by atoms with van der Waals surface area (Å²) in [5, 5.41) is 10.8. The molecule has 0 radical (unpaired) electrons. The number of aromatic hydroxyl groups is 1. The van der Waals surface area contributed by atoms with E-state index in [1.54, 1.807) is 5.56 Å². The molecule has 1 aromatic rings. The molecule has 1 nitrogen and oxygen atoms in total. The molecule has 0 aromatic heterocycles. The molecule has 0 aliphatic rings. The van der Waals surface area contributed by atoms with Crippen LogP contribution in [0.15, 0.2) is 0 Å². The third kappa shape index (κ3) is 4.02. The van der Waals surface area contributed by atoms with Crippen molar-refractivity contribution in [2.24, 2.45) is 0 Å². The molecule has 0 unspecified atom stereocenters. The van der Waals surface area contributed by atoms with Crippen molar-refractivity contribution >= 4 is 0 Å². The Balaban J connectivity index is 3.61. The van der Waals surface area contributed by atoms with Gasteiger partial charge < -0.3 is 5.11 Å². The molecule has 0 heterocycles. The summed E-state index contributed by atoms with van der Waals surface area (Å²) in [6, 6.07) is 0. The van der Waals surface area contributed by atoms with E-state index in [-0.39, 0.29) is 0 Å². The molecule has 1 rings (SSSR count). The van der Waals surface area contributed by atoms with Gasteiger partial charge in [0.05, 0.1) is 0 Å². The molecular formula is C20H34O. The van der Waals surface area contributed by atoms with Crippen LogP contribution in [0.3, 0.4) is 0 Å². The van der Waals surface area contributed by atoms with Gasteiger partial charge in [0.2, 0.25) is 0 Å². The maximum Gasteiger partial charge on any atom is 0.122 e. The summed E-state index contributed by atoms with van der Waals surface area (Å²) in [5.74, 6) is 0.617. The third-order valence-electron chi connectivity index (χ3n) is 4.38. The predicted octanol–water partition coefficient (Wildman–Crippen LogP) is 5.76. The minimum absolute atomic E-state index is 0.617. The van der Waals surface area contributed by atoms with Gasteiger partial charge in [-0.25, -0.2) is 0 Å². The number of phenols is 1. The van der Waals surface area contributed by atoms with Crippen molar-refractivity contribution in [3.63, 3.8) is 0 Å². The molecule has 0 fully saturated rings. The molecule has 0 saturated carbocycles. The fraction of sp³-hybridized carbons (Fsp3) is 0.700. The number of hydrogen-bond donors (Lipinski definition) is 1. The van der Waals surface area contributed by atoms with Crippen molar-refractivity contribution < 1.29 is 5.11 Å². The van der Waals surface area contributed by atoms with Gasteiger partial charge in [-0.3, -0.25) is 0 Å². The lowest BCUT2D eigenvalue weighted by Crippen LogP contribution is -2.10. The molecule has 1 heteroatoms. The van der Waals surface area contributed by atoms with Gasteiger partial charge in [-0.05, 0) is 59.9 Å². The van der Waals surface area contributed by atoms with Crippen LogP contribution in [0.25, 0.3) is 0 Å². The lowest BCUT2D eigenvalue weighted by Gasteiger charge is -2.24. The summed E-state index contributed by atoms with van der Waals surface area (Å²) in [6.45, 7) is 11.1. The van der Waals surface area contributed by atoms with Crippen molar-refractivity contribution in [2.45, 2.75) is 92.4 Å². The van der Waals surface area contributed by atoms with Crippen molar-refractivity contribution in [3.8, 4) is 5.75 Å². The highest BCUT2D eigenvalue weighted by Gasteiger charge is 2.20. The second-order valence-corrected chi connectivity index (χ2v) is 6.09. The SMILES string of the molecule is CCCc1c(O)c(CC)c(CCC)c(CCC)c1CCC. The van der Waals surface area contributed by atoms with Crippen LogP contribution in [0.2, 0.25) is 0 Å². The number of phenolic OH excluding ortho intramolecular Hbond substituents is 1. The van der Waals surface area contributed by atoms with Gasteiger partial charge in [0.1, 0.15) is 5.75 Å². The molecule has 21 heavy (non-hydrogen) atoms. The smallest absolute Gasteiger partial charge is 0.122 e. The minimum Gasteiger partial charge on any atom is -0.507 e. The fourth-order valence-electron chi connectivity index (χ4n) is 3.57. The first-order chi connectivity index (χ1) is 10.2. The number of hydrogen-bond acceptors (Lipinski definition) is 1. The molecule has 1 N–H and O–H groups in total. The monoisotopic (exact) mass is 290 g/mol. The van der Waals surface area contributed by atoms with Gasteiger partial charge in [-0.15, -0.1) is 0 Å². The van der Waals surface area contributed by atoms with E-state index in [9.17, 15) is 5.11 Å². The average molecular weight is 290 g/mol. The Labute approximate surface area is 131 Å². The molecular weight excluding hydrogens is 256 g/mol. The van der Waals surface area contributed by atoms with Crippen LogP contribution in [0.5, 0.6) is 5.75 Å². The van der Waals surface area contributed by atoms with Crippen molar-refractivity contribution in [1.29, 1.82) is 0 Å². The second kappa shape index (κ2) is 9.12. The van der Waals surface area contributed by atoms with E-state index < -0.39 is 0 Å². The molecule has 0 amide bonds. The summed E-state index contributed by atoms with van der Waals surface area (Å²) >= 11 is 0. The van der Waals surface area contributed by atoms with Crippen LogP contribution in [0.4, 0.5) is 0 Å². The topological polar surface area (TPSA) is 20.2 Å². The van der Waals surface area contributed by atoms with Crippen LogP contribution in [0, 0.1) is 0 Å². The Hall–Kier alpha value is -0.980. The molecule has 1 aromatic carbocycles. The fourth-order valence-corrected chi connectivity index (χ4v) is 3.57. The van der Waals surface area contributed by atoms with Crippen LogP contribution in [0.1, 0.15) is 88.1 Å². The average Bonchev–Trinajstić information content (AvgIpc) is 2.47. The maximum absolute atomic E-state index is 10.8. The summed E-state index contributed by atoms with van der Waals surface area (Å²) < 4.78 is 0. The van der Waals surface area contributed by atoms with Gasteiger partial charge in [0.25, 0.3) is 0 Å². The summed E-state index contributed by atoms with van der Waals surface area (Å²) in [6.07, 6.45) is 9.94. The van der Waals surface area contributed by atoms with Crippen molar-refractivity contribution in [3.05, 3.63) is 27.8 Å². The summed E-state index contributed by atoms with van der Waals surface area (Å²) in [4.78, 5) is 0. The lowest BCUT2D eigenvalue weighted by atomic mass is 9.82. The normalized spacial score (nSPS) is 11.1. The first-order valence-electron chi connectivity index (χ1n) is 9.03. The number of benzene rings is 1. The molecule has 0 atom stereocenters. The van der Waals surface area contributed by atoms with Crippen LogP contribution < -0.4 is 0 Å². The molecule has 0 saturated heterocycles. The number of rotatable bonds is 9. The Bertz CT molecular complexity index is 446. The highest BCUT2D eigenvalue weighted by molar-refractivity contribution is 5.56. The van der Waals surface area contributed by atoms with E-state index >= 15 is 0 Å². The van der Waals surface area contributed by atoms with Gasteiger partial charge in [-0.1, -0.05) is 60.3 Å². The summed E-state index contributed by atoms with van der Waals surface area (Å²) in [7, 11) is 0. The zero-order chi connectivity index (χ0) is 15.8. The Morgan fingerprint density at radius 3 is 1.24 bits per heavy atom. The second-order valence-electron chi connectivity index (χ2n) is 6.09. The highest BCUT2D eigenvalue weighted by atomic mass is 16.3.